The van der Waals surface area contributed by atoms with Gasteiger partial charge in [-0.1, -0.05) is 85.8 Å². The second-order valence-corrected chi connectivity index (χ2v) is 30.0. The Kier molecular flexibility index (Phi) is 24.5. The third-order valence-corrected chi connectivity index (χ3v) is 21.5. The molecule has 7 aromatic rings. The summed E-state index contributed by atoms with van der Waals surface area (Å²) < 4.78 is 37.2. The molecule has 0 bridgehead atoms. The molecule has 604 valence electrons. The van der Waals surface area contributed by atoms with Crippen molar-refractivity contribution in [1.82, 2.24) is 51.4 Å². The fraction of sp³-hybridized carbons (Fsp3) is 0.398. The zero-order valence-corrected chi connectivity index (χ0v) is 65.1. The lowest BCUT2D eigenvalue weighted by atomic mass is 9.95. The van der Waals surface area contributed by atoms with Gasteiger partial charge in [0.2, 0.25) is 35.4 Å². The first-order valence-corrected chi connectivity index (χ1v) is 38.5. The first-order valence-electron chi connectivity index (χ1n) is 38.5. The van der Waals surface area contributed by atoms with Crippen LogP contribution in [-0.2, 0) is 46.7 Å². The standard InChI is InChI=1S/C83H95N15O17/c1-47(2)73(91-71(101)42-88-70(100)41-87-69(99)27-28-72(102)95-43-51-14-8-9-15-56(51)74-75(98(48(3)4)93-92-74)57-16-10-11-18-62(57)95)77(104)90-60(17-12-31-85-81(84)108)76(103)89-53-23-19-49(20-24-53)45-115-82(109)97-63-38-68(66(112-7)36-59(63)79(106)96-46-83(29-30-83)39-64(96)80(97)107)114-33-13-32-113-67-37-61-58(35-65(67)111-6)78(105)94-44-52(34-54(94)40-86-61)50-21-25-55(110-5)26-22-50/h8-11,14-16,18-26,35-38,44,47-48,54,60,64,73,80,86,107H,12-13,17,27-34,39-43,45-46H2,1-7H3,(H,87,99)(H,88,100)(H,89,103)(H,90,104)(H,91,101)(H3,84,85,108)/t54-,60-,64-,73-,80?/m0/s1. The van der Waals surface area contributed by atoms with Crippen molar-refractivity contribution in [2.75, 3.05) is 87.7 Å². The summed E-state index contributed by atoms with van der Waals surface area (Å²) in [6.45, 7) is 7.28. The molecular formula is C83H95N15O17. The van der Waals surface area contributed by atoms with Crippen LogP contribution in [0.5, 0.6) is 28.7 Å². The molecule has 1 saturated carbocycles. The van der Waals surface area contributed by atoms with Gasteiger partial charge >= 0.3 is 12.1 Å². The normalized spacial score (nSPS) is 17.1. The Morgan fingerprint density at radius 2 is 1.38 bits per heavy atom. The molecule has 1 spiro atoms. The second kappa shape index (κ2) is 35.1. The number of amides is 11. The van der Waals surface area contributed by atoms with Crippen LogP contribution in [0.25, 0.3) is 28.1 Å². The molecule has 13 rings (SSSR count). The van der Waals surface area contributed by atoms with Gasteiger partial charge in [-0.05, 0) is 128 Å². The van der Waals surface area contributed by atoms with Crippen molar-refractivity contribution >= 4 is 87.7 Å². The van der Waals surface area contributed by atoms with Gasteiger partial charge in [0.25, 0.3) is 11.8 Å². The second-order valence-electron chi connectivity index (χ2n) is 30.0. The molecule has 1 saturated heterocycles. The highest BCUT2D eigenvalue weighted by molar-refractivity contribution is 6.07. The predicted octanol–water partition coefficient (Wildman–Crippen LogP) is 7.79. The van der Waals surface area contributed by atoms with Crippen LogP contribution in [0.15, 0.2) is 128 Å². The van der Waals surface area contributed by atoms with Gasteiger partial charge < -0.3 is 91.2 Å². The van der Waals surface area contributed by atoms with E-state index in [0.717, 1.165) is 57.0 Å². The van der Waals surface area contributed by atoms with Crippen molar-refractivity contribution in [3.05, 3.63) is 155 Å². The molecule has 5 aliphatic heterocycles. The van der Waals surface area contributed by atoms with Crippen molar-refractivity contribution in [3.63, 3.8) is 0 Å². The number of primary amides is 1. The Hall–Kier alpha value is -12.7. The number of nitrogens with two attached hydrogens (primary N) is 1. The quantitative estimate of drug-likeness (QED) is 0.0194. The predicted molar refractivity (Wildman–Crippen MR) is 424 cm³/mol. The van der Waals surface area contributed by atoms with E-state index in [1.807, 2.05) is 97.5 Å². The number of rotatable bonds is 30. The molecule has 32 nitrogen and oxygen atoms in total. The summed E-state index contributed by atoms with van der Waals surface area (Å²) in [4.78, 5) is 143. The lowest BCUT2D eigenvalue weighted by Crippen LogP contribution is -2.56. The first kappa shape index (κ1) is 80.3. The number of ether oxygens (including phenoxy) is 6. The lowest BCUT2D eigenvalue weighted by molar-refractivity contribution is -0.132. The van der Waals surface area contributed by atoms with Crippen molar-refractivity contribution < 1.29 is 81.5 Å². The van der Waals surface area contributed by atoms with Gasteiger partial charge in [-0.3, -0.25) is 38.4 Å². The highest BCUT2D eigenvalue weighted by atomic mass is 16.6. The summed E-state index contributed by atoms with van der Waals surface area (Å²) in [5, 5.41) is 40.3. The third kappa shape index (κ3) is 18.0. The molecule has 6 heterocycles. The van der Waals surface area contributed by atoms with Crippen LogP contribution in [0.1, 0.15) is 129 Å². The molecule has 115 heavy (non-hydrogen) atoms. The molecule has 1 aromatic heterocycles. The molecule has 5 atom stereocenters. The monoisotopic (exact) mass is 1570 g/mol. The number of hydrogen-bond donors (Lipinski definition) is 9. The van der Waals surface area contributed by atoms with Crippen molar-refractivity contribution in [1.29, 1.82) is 0 Å². The Bertz CT molecular complexity index is 4910. The number of urea groups is 1. The maximum atomic E-state index is 14.6. The van der Waals surface area contributed by atoms with Crippen molar-refractivity contribution in [2.45, 2.75) is 135 Å². The van der Waals surface area contributed by atoms with E-state index in [1.165, 1.54) is 26.4 Å². The number of para-hydroxylation sites is 1. The zero-order chi connectivity index (χ0) is 81.4. The summed E-state index contributed by atoms with van der Waals surface area (Å²) >= 11 is 0. The van der Waals surface area contributed by atoms with Gasteiger partial charge in [0.15, 0.2) is 29.2 Å². The number of aliphatic hydroxyl groups excluding tert-OH is 1. The minimum Gasteiger partial charge on any atom is -0.497 e. The molecule has 0 radical (unpaired) electrons. The summed E-state index contributed by atoms with van der Waals surface area (Å²) in [5.41, 5.74) is 13.6. The molecular weight excluding hydrogens is 1480 g/mol. The Labute approximate surface area is 664 Å². The average Bonchev–Trinajstić information content (AvgIpc) is 1.57. The topological polar surface area (TPSA) is 400 Å². The minimum absolute atomic E-state index is 0.00115. The Morgan fingerprint density at radius 3 is 2.08 bits per heavy atom. The number of carbonyl (C=O) groups excluding carboxylic acids is 10. The molecule has 6 aliphatic rings. The van der Waals surface area contributed by atoms with Crippen LogP contribution in [0.2, 0.25) is 0 Å². The van der Waals surface area contributed by atoms with Crippen LogP contribution < -0.4 is 76.4 Å². The molecule has 10 N–H and O–H groups in total. The van der Waals surface area contributed by atoms with Crippen LogP contribution in [0.4, 0.5) is 32.3 Å². The van der Waals surface area contributed by atoms with Crippen LogP contribution in [0, 0.1) is 11.3 Å². The number of fused-ring (bicyclic) bond motifs is 9. The zero-order valence-electron chi connectivity index (χ0n) is 65.1. The smallest absolute Gasteiger partial charge is 0.416 e. The number of anilines is 4. The molecule has 11 amide bonds. The lowest BCUT2D eigenvalue weighted by Gasteiger charge is -2.31. The van der Waals surface area contributed by atoms with Gasteiger partial charge in [0, 0.05) is 80.1 Å². The van der Waals surface area contributed by atoms with Gasteiger partial charge in [0.1, 0.15) is 30.1 Å². The third-order valence-electron chi connectivity index (χ3n) is 21.5. The van der Waals surface area contributed by atoms with Crippen LogP contribution >= 0.6 is 0 Å². The number of benzene rings is 6. The summed E-state index contributed by atoms with van der Waals surface area (Å²) in [5.74, 6) is -3.02. The number of aromatic nitrogens is 3. The van der Waals surface area contributed by atoms with E-state index in [-0.39, 0.29) is 116 Å². The number of nitrogens with zero attached hydrogens (tertiary/aromatic N) is 7. The Balaban J connectivity index is 0.597. The fourth-order valence-electron chi connectivity index (χ4n) is 15.2. The fourth-order valence-corrected chi connectivity index (χ4v) is 15.2. The van der Waals surface area contributed by atoms with E-state index in [1.54, 1.807) is 72.1 Å². The maximum absolute atomic E-state index is 14.6. The maximum Gasteiger partial charge on any atom is 0.416 e. The van der Waals surface area contributed by atoms with Crippen LogP contribution in [-0.4, -0.2) is 187 Å². The number of nitrogens with one attached hydrogen (secondary N) is 7. The van der Waals surface area contributed by atoms with Crippen molar-refractivity contribution in [3.8, 4) is 51.3 Å². The molecule has 6 aromatic carbocycles. The minimum atomic E-state index is -1.53. The molecule has 32 heteroatoms. The van der Waals surface area contributed by atoms with Gasteiger partial charge in [0.05, 0.1) is 100 Å². The van der Waals surface area contributed by atoms with E-state index in [4.69, 9.17) is 34.2 Å². The largest absolute Gasteiger partial charge is 0.497 e. The van der Waals surface area contributed by atoms with E-state index >= 15 is 0 Å². The van der Waals surface area contributed by atoms with Crippen molar-refractivity contribution in [2.24, 2.45) is 17.1 Å². The van der Waals surface area contributed by atoms with Gasteiger partial charge in [-0.2, -0.15) is 0 Å². The Morgan fingerprint density at radius 1 is 0.696 bits per heavy atom. The number of methoxy groups -OCH3 is 3. The molecule has 1 unspecified atom stereocenters. The number of aliphatic hydroxyl groups is 1. The molecule has 1 aliphatic carbocycles. The SMILES string of the molecule is COc1ccc(C2=CN3C(=O)c4cc(OC)c(OCCCOc5cc6c(cc5OC)C(=O)N5CC7(CC7)C[C@H]5C(O)N6C(=O)OCc5ccc(NC(=O)[C@H](CCCNC(N)=O)NC(=O)[C@@H](NC(=O)CNC(=O)CNC(=O)CCC(=O)N6Cc7ccccc7-c7nnn(C(C)C)c7-c7ccccc76)C(C)C)cc5)cc4NC[C@@H]3C2)cc1. The van der Waals surface area contributed by atoms with Crippen LogP contribution in [0.3, 0.4) is 0 Å². The summed E-state index contributed by atoms with van der Waals surface area (Å²) in [7, 11) is 4.55. The van der Waals surface area contributed by atoms with Gasteiger partial charge in [-0.25, -0.2) is 19.2 Å². The first-order chi connectivity index (χ1) is 55.4. The van der Waals surface area contributed by atoms with E-state index in [2.05, 4.69) is 47.5 Å². The average molecular weight is 1570 g/mol. The van der Waals surface area contributed by atoms with E-state index < -0.39 is 90.9 Å². The highest BCUT2D eigenvalue weighted by Crippen LogP contribution is 2.57. The van der Waals surface area contributed by atoms with E-state index in [0.29, 0.717) is 72.0 Å². The summed E-state index contributed by atoms with van der Waals surface area (Å²) in [6.07, 6.45) is 2.33. The summed E-state index contributed by atoms with van der Waals surface area (Å²) in [6, 6.07) is 31.4. The van der Waals surface area contributed by atoms with E-state index in [9.17, 15) is 53.1 Å². The van der Waals surface area contributed by atoms with Gasteiger partial charge in [-0.15, -0.1) is 5.10 Å². The number of hydrogen-bond acceptors (Lipinski definition) is 20. The molecule has 2 fully saturated rings. The highest BCUT2D eigenvalue weighted by Gasteiger charge is 2.58. The number of carbonyl (C=O) groups is 10.